The lowest BCUT2D eigenvalue weighted by Gasteiger charge is -2.11. The zero-order valence-corrected chi connectivity index (χ0v) is 21.6. The molecule has 1 aliphatic rings. The van der Waals surface area contributed by atoms with Crippen molar-refractivity contribution in [2.24, 2.45) is 10.1 Å². The number of aliphatic imine (C=N–C) groups is 1. The number of hydrogen-bond donors (Lipinski definition) is 0. The molecule has 0 spiro atoms. The van der Waals surface area contributed by atoms with E-state index in [-0.39, 0.29) is 17.4 Å². The van der Waals surface area contributed by atoms with Crippen LogP contribution < -0.4 is 4.74 Å². The van der Waals surface area contributed by atoms with E-state index in [1.807, 2.05) is 56.3 Å². The molecule has 1 saturated heterocycles. The molecule has 1 aliphatic heterocycles. The van der Waals surface area contributed by atoms with Crippen molar-refractivity contribution < 1.29 is 22.7 Å². The Balaban J connectivity index is 1.29. The summed E-state index contributed by atoms with van der Waals surface area (Å²) in [6.07, 6.45) is -1.69. The van der Waals surface area contributed by atoms with Gasteiger partial charge in [-0.15, -0.1) is 18.3 Å². The van der Waals surface area contributed by atoms with Crippen LogP contribution >= 0.6 is 11.8 Å². The number of carbonyl (C=O) groups excluding carboxylic acids is 1. The molecule has 12 heteroatoms. The number of amides is 1. The molecule has 8 nitrogen and oxygen atoms in total. The Morgan fingerprint density at radius 1 is 1.00 bits per heavy atom. The normalized spacial score (nSPS) is 15.1. The third-order valence-electron chi connectivity index (χ3n) is 5.71. The van der Waals surface area contributed by atoms with E-state index in [9.17, 15) is 18.0 Å². The average molecular weight is 551 g/mol. The van der Waals surface area contributed by atoms with Crippen molar-refractivity contribution in [1.29, 1.82) is 0 Å². The molecule has 1 aromatic heterocycles. The number of alkyl halides is 3. The maximum atomic E-state index is 12.4. The van der Waals surface area contributed by atoms with Crippen LogP contribution in [0.2, 0.25) is 0 Å². The molecule has 39 heavy (non-hydrogen) atoms. The molecule has 0 N–H and O–H groups in total. The summed E-state index contributed by atoms with van der Waals surface area (Å²) in [6, 6.07) is 18.5. The van der Waals surface area contributed by atoms with Gasteiger partial charge in [0.1, 0.15) is 12.1 Å². The number of carbonyl (C=O) groups is 1. The largest absolute Gasteiger partial charge is 0.573 e. The van der Waals surface area contributed by atoms with E-state index in [1.54, 1.807) is 6.21 Å². The predicted octanol–water partition coefficient (Wildman–Crippen LogP) is 6.05. The minimum Gasteiger partial charge on any atom is -0.406 e. The molecule has 0 aliphatic carbocycles. The van der Waals surface area contributed by atoms with E-state index < -0.39 is 6.36 Å². The molecule has 1 amide bonds. The van der Waals surface area contributed by atoms with Crippen LogP contribution in [0.15, 0.2) is 83.2 Å². The van der Waals surface area contributed by atoms with Gasteiger partial charge in [-0.1, -0.05) is 54.2 Å². The maximum Gasteiger partial charge on any atom is 0.573 e. The molecule has 2 heterocycles. The van der Waals surface area contributed by atoms with Crippen molar-refractivity contribution in [3.05, 3.63) is 89.7 Å². The lowest BCUT2D eigenvalue weighted by Crippen LogP contribution is -2.23. The number of nitrogens with zero attached hydrogens (tertiary/aromatic N) is 6. The van der Waals surface area contributed by atoms with Crippen molar-refractivity contribution in [2.45, 2.75) is 20.2 Å². The number of amidine groups is 1. The fourth-order valence-electron chi connectivity index (χ4n) is 3.79. The first-order valence-corrected chi connectivity index (χ1v) is 12.7. The van der Waals surface area contributed by atoms with Gasteiger partial charge in [0, 0.05) is 5.56 Å². The minimum atomic E-state index is -4.75. The van der Waals surface area contributed by atoms with Crippen LogP contribution in [0.5, 0.6) is 5.75 Å². The van der Waals surface area contributed by atoms with E-state index >= 15 is 0 Å². The van der Waals surface area contributed by atoms with Crippen LogP contribution in [0.1, 0.15) is 16.7 Å². The maximum absolute atomic E-state index is 12.4. The second kappa shape index (κ2) is 10.7. The molecular formula is C27H21F3N6O2S. The van der Waals surface area contributed by atoms with Gasteiger partial charge >= 0.3 is 6.36 Å². The summed E-state index contributed by atoms with van der Waals surface area (Å²) in [5, 5.41) is 10.6. The monoisotopic (exact) mass is 550 g/mol. The molecule has 0 atom stereocenters. The number of ether oxygens (including phenoxy) is 1. The van der Waals surface area contributed by atoms with Crippen molar-refractivity contribution in [2.75, 3.05) is 5.75 Å². The van der Waals surface area contributed by atoms with Gasteiger partial charge in [-0.25, -0.2) is 14.7 Å². The van der Waals surface area contributed by atoms with Crippen molar-refractivity contribution in [1.82, 2.24) is 19.8 Å². The molecule has 0 bridgehead atoms. The summed E-state index contributed by atoms with van der Waals surface area (Å²) in [5.41, 5.74) is 4.88. The Labute approximate surface area is 225 Å². The average Bonchev–Trinajstić information content (AvgIpc) is 3.52. The molecule has 4 aromatic rings. The van der Waals surface area contributed by atoms with Crippen LogP contribution in [-0.2, 0) is 4.79 Å². The first-order chi connectivity index (χ1) is 18.7. The first-order valence-electron chi connectivity index (χ1n) is 11.7. The quantitative estimate of drug-likeness (QED) is 0.273. The zero-order chi connectivity index (χ0) is 27.6. The van der Waals surface area contributed by atoms with Crippen molar-refractivity contribution in [3.63, 3.8) is 0 Å². The van der Waals surface area contributed by atoms with E-state index in [4.69, 9.17) is 4.99 Å². The van der Waals surface area contributed by atoms with E-state index in [0.717, 1.165) is 27.9 Å². The van der Waals surface area contributed by atoms with Crippen molar-refractivity contribution >= 4 is 34.7 Å². The summed E-state index contributed by atoms with van der Waals surface area (Å²) in [4.78, 5) is 21.4. The lowest BCUT2D eigenvalue weighted by molar-refractivity contribution is -0.274. The van der Waals surface area contributed by atoms with Gasteiger partial charge in [0.05, 0.1) is 23.3 Å². The summed E-state index contributed by atoms with van der Waals surface area (Å²) in [7, 11) is 0. The highest BCUT2D eigenvalue weighted by molar-refractivity contribution is 8.15. The number of hydrazone groups is 1. The Bertz CT molecular complexity index is 1540. The standard InChI is InChI=1S/C27H21F3N6O2S/c1-17-4-3-5-18(2)24(17)33-26-36(23(37)15-39-26)32-14-19-6-8-20(9-7-19)25-31-16-35(34-25)21-10-12-22(13-11-21)38-27(28,29)30/h3-14,16H,15H2,1-2H3. The highest BCUT2D eigenvalue weighted by atomic mass is 32.2. The molecule has 0 radical (unpaired) electrons. The van der Waals surface area contributed by atoms with E-state index in [1.165, 1.54) is 52.0 Å². The highest BCUT2D eigenvalue weighted by Gasteiger charge is 2.31. The van der Waals surface area contributed by atoms with E-state index in [2.05, 4.69) is 19.9 Å². The Kier molecular flexibility index (Phi) is 7.20. The molecule has 1 fully saturated rings. The number of aromatic nitrogens is 3. The van der Waals surface area contributed by atoms with Gasteiger partial charge in [0.15, 0.2) is 11.0 Å². The summed E-state index contributed by atoms with van der Waals surface area (Å²) < 4.78 is 42.5. The predicted molar refractivity (Wildman–Crippen MR) is 143 cm³/mol. The first kappa shape index (κ1) is 26.2. The van der Waals surface area contributed by atoms with Gasteiger partial charge in [0.2, 0.25) is 0 Å². The number of hydrogen-bond acceptors (Lipinski definition) is 7. The lowest BCUT2D eigenvalue weighted by atomic mass is 10.1. The minimum absolute atomic E-state index is 0.148. The highest BCUT2D eigenvalue weighted by Crippen LogP contribution is 2.29. The van der Waals surface area contributed by atoms with Crippen LogP contribution in [-0.4, -0.2) is 49.2 Å². The zero-order valence-electron chi connectivity index (χ0n) is 20.8. The van der Waals surface area contributed by atoms with Crippen LogP contribution in [0, 0.1) is 13.8 Å². The number of halogens is 3. The SMILES string of the molecule is Cc1cccc(C)c1N=C1SCC(=O)N1N=Cc1ccc(-c2ncn(-c3ccc(OC(F)(F)F)cc3)n2)cc1. The van der Waals surface area contributed by atoms with Gasteiger partial charge in [0.25, 0.3) is 5.91 Å². The molecular weight excluding hydrogens is 529 g/mol. The number of benzene rings is 3. The number of rotatable bonds is 6. The fraction of sp³-hybridized carbons (Fsp3) is 0.148. The third-order valence-corrected chi connectivity index (χ3v) is 6.62. The second-order valence-corrected chi connectivity index (χ2v) is 9.49. The van der Waals surface area contributed by atoms with Gasteiger partial charge in [-0.3, -0.25) is 4.79 Å². The molecule has 198 valence electrons. The summed E-state index contributed by atoms with van der Waals surface area (Å²) >= 11 is 1.35. The molecule has 0 saturated carbocycles. The van der Waals surface area contributed by atoms with Gasteiger partial charge in [-0.05, 0) is 54.8 Å². The summed E-state index contributed by atoms with van der Waals surface area (Å²) in [6.45, 7) is 3.95. The van der Waals surface area contributed by atoms with Crippen LogP contribution in [0.25, 0.3) is 17.1 Å². The Hall–Kier alpha value is -4.45. The number of thioether (sulfide) groups is 1. The van der Waals surface area contributed by atoms with Gasteiger partial charge < -0.3 is 4.74 Å². The second-order valence-electron chi connectivity index (χ2n) is 8.55. The number of para-hydroxylation sites is 1. The molecule has 5 rings (SSSR count). The van der Waals surface area contributed by atoms with Crippen LogP contribution in [0.4, 0.5) is 18.9 Å². The Morgan fingerprint density at radius 3 is 2.36 bits per heavy atom. The molecule has 0 unspecified atom stereocenters. The van der Waals surface area contributed by atoms with Crippen molar-refractivity contribution in [3.8, 4) is 22.8 Å². The molecule has 3 aromatic carbocycles. The van der Waals surface area contributed by atoms with E-state index in [0.29, 0.717) is 16.7 Å². The van der Waals surface area contributed by atoms with Crippen LogP contribution in [0.3, 0.4) is 0 Å². The summed E-state index contributed by atoms with van der Waals surface area (Å²) in [5.74, 6) is 0.238. The third kappa shape index (κ3) is 6.17. The Morgan fingerprint density at radius 2 is 1.69 bits per heavy atom. The van der Waals surface area contributed by atoms with Gasteiger partial charge in [-0.2, -0.15) is 10.1 Å². The fourth-order valence-corrected chi connectivity index (χ4v) is 4.59. The number of aryl methyl sites for hydroxylation is 2. The smallest absolute Gasteiger partial charge is 0.406 e. The topological polar surface area (TPSA) is 85.0 Å².